The fraction of sp³-hybridized carbons (Fsp3) is 0.684. The van der Waals surface area contributed by atoms with E-state index in [1.54, 1.807) is 0 Å². The predicted molar refractivity (Wildman–Crippen MR) is 98.8 cm³/mol. The summed E-state index contributed by atoms with van der Waals surface area (Å²) in [7, 11) is 0. The van der Waals surface area contributed by atoms with Gasteiger partial charge in [-0.3, -0.25) is 0 Å². The lowest BCUT2D eigenvalue weighted by Crippen LogP contribution is -2.48. The molecule has 0 radical (unpaired) electrons. The second kappa shape index (κ2) is 8.21. The average Bonchev–Trinajstić information content (AvgIpc) is 2.46. The monoisotopic (exact) mass is 324 g/mol. The van der Waals surface area contributed by atoms with Gasteiger partial charge in [0.15, 0.2) is 0 Å². The van der Waals surface area contributed by atoms with Crippen LogP contribution in [0.2, 0.25) is 0 Å². The highest BCUT2D eigenvalue weighted by Gasteiger charge is 2.35. The Bertz CT molecular complexity index is 435. The number of allylic oxidation sites excluding steroid dienone is 4. The van der Waals surface area contributed by atoms with Gasteiger partial charge in [-0.2, -0.15) is 0 Å². The van der Waals surface area contributed by atoms with Gasteiger partial charge in [0.05, 0.1) is 0 Å². The number of likely N-dealkylation sites (tertiary alicyclic amines) is 1. The van der Waals surface area contributed by atoms with Crippen molar-refractivity contribution in [2.24, 2.45) is 23.0 Å². The molecular formula is C19H33ClN2. The van der Waals surface area contributed by atoms with Gasteiger partial charge in [-0.05, 0) is 36.2 Å². The first kappa shape index (κ1) is 19.3. The van der Waals surface area contributed by atoms with Gasteiger partial charge in [-0.25, -0.2) is 0 Å². The van der Waals surface area contributed by atoms with Crippen LogP contribution >= 0.6 is 11.6 Å². The molecule has 1 aliphatic rings. The van der Waals surface area contributed by atoms with Crippen LogP contribution in [0.1, 0.15) is 47.5 Å². The highest BCUT2D eigenvalue weighted by atomic mass is 35.5. The minimum absolute atomic E-state index is 0.0502. The second-order valence-corrected chi connectivity index (χ2v) is 7.90. The highest BCUT2D eigenvalue weighted by molar-refractivity contribution is 6.29. The Kier molecular flexibility index (Phi) is 7.21. The second-order valence-electron chi connectivity index (χ2n) is 7.42. The zero-order chi connectivity index (χ0) is 16.9. The van der Waals surface area contributed by atoms with Crippen molar-refractivity contribution >= 4 is 11.6 Å². The van der Waals surface area contributed by atoms with Crippen molar-refractivity contribution in [2.45, 2.75) is 53.5 Å². The number of piperidine rings is 1. The quantitative estimate of drug-likeness (QED) is 0.702. The number of nitrogens with zero attached hydrogens (tertiary/aromatic N) is 1. The maximum absolute atomic E-state index is 6.27. The van der Waals surface area contributed by atoms with Crippen molar-refractivity contribution in [3.05, 3.63) is 35.5 Å². The lowest BCUT2D eigenvalue weighted by atomic mass is 9.73. The van der Waals surface area contributed by atoms with E-state index in [9.17, 15) is 0 Å². The maximum atomic E-state index is 6.27. The Morgan fingerprint density at radius 1 is 1.45 bits per heavy atom. The Hall–Kier alpha value is -0.730. The van der Waals surface area contributed by atoms with Gasteiger partial charge in [-0.15, -0.1) is 0 Å². The van der Waals surface area contributed by atoms with Gasteiger partial charge in [-0.1, -0.05) is 65.0 Å². The summed E-state index contributed by atoms with van der Waals surface area (Å²) in [6.07, 6.45) is 8.45. The van der Waals surface area contributed by atoms with Crippen LogP contribution in [-0.4, -0.2) is 24.0 Å². The van der Waals surface area contributed by atoms with E-state index >= 15 is 0 Å². The molecule has 2 nitrogen and oxygen atoms in total. The van der Waals surface area contributed by atoms with E-state index in [0.29, 0.717) is 11.8 Å². The zero-order valence-electron chi connectivity index (χ0n) is 14.9. The number of halogens is 1. The van der Waals surface area contributed by atoms with Crippen LogP contribution in [0.5, 0.6) is 0 Å². The van der Waals surface area contributed by atoms with Crippen LogP contribution in [-0.2, 0) is 0 Å². The van der Waals surface area contributed by atoms with Crippen LogP contribution < -0.4 is 5.73 Å². The Morgan fingerprint density at radius 3 is 2.59 bits per heavy atom. The van der Waals surface area contributed by atoms with E-state index in [-0.39, 0.29) is 11.5 Å². The minimum Gasteiger partial charge on any atom is -0.373 e. The van der Waals surface area contributed by atoms with Crippen LogP contribution in [0.3, 0.4) is 0 Å². The van der Waals surface area contributed by atoms with Crippen molar-refractivity contribution in [3.8, 4) is 0 Å². The SMILES string of the molecule is C=C([C@H](N)C(C)C)N1CCC(/C=C/C=C(/Cl)CC)C(C)(C)C1. The summed E-state index contributed by atoms with van der Waals surface area (Å²) < 4.78 is 0. The Morgan fingerprint density at radius 2 is 2.09 bits per heavy atom. The van der Waals surface area contributed by atoms with Gasteiger partial charge < -0.3 is 10.6 Å². The number of nitrogens with two attached hydrogens (primary N) is 1. The van der Waals surface area contributed by atoms with E-state index < -0.39 is 0 Å². The largest absolute Gasteiger partial charge is 0.373 e. The lowest BCUT2D eigenvalue weighted by Gasteiger charge is -2.46. The molecule has 1 unspecified atom stereocenters. The molecule has 0 aromatic carbocycles. The molecule has 1 aliphatic heterocycles. The van der Waals surface area contributed by atoms with Crippen LogP contribution in [0, 0.1) is 17.3 Å². The molecule has 1 fully saturated rings. The fourth-order valence-electron chi connectivity index (χ4n) is 2.98. The van der Waals surface area contributed by atoms with Crippen LogP contribution in [0.15, 0.2) is 35.5 Å². The molecule has 1 saturated heterocycles. The summed E-state index contributed by atoms with van der Waals surface area (Å²) in [4.78, 5) is 2.38. The molecule has 3 heteroatoms. The van der Waals surface area contributed by atoms with Crippen molar-refractivity contribution < 1.29 is 0 Å². The van der Waals surface area contributed by atoms with Crippen molar-refractivity contribution in [1.29, 1.82) is 0 Å². The summed E-state index contributed by atoms with van der Waals surface area (Å²) >= 11 is 6.06. The van der Waals surface area contributed by atoms with E-state index in [4.69, 9.17) is 17.3 Å². The first-order valence-corrected chi connectivity index (χ1v) is 8.79. The Balaban J connectivity index is 2.71. The first-order valence-electron chi connectivity index (χ1n) is 8.41. The van der Waals surface area contributed by atoms with E-state index in [0.717, 1.165) is 36.7 Å². The van der Waals surface area contributed by atoms with Crippen molar-refractivity contribution in [1.82, 2.24) is 4.90 Å². The zero-order valence-corrected chi connectivity index (χ0v) is 15.7. The van der Waals surface area contributed by atoms with Gasteiger partial charge in [0, 0.05) is 29.9 Å². The summed E-state index contributed by atoms with van der Waals surface area (Å²) in [6, 6.07) is 0.0502. The van der Waals surface area contributed by atoms with Crippen molar-refractivity contribution in [3.63, 3.8) is 0 Å². The summed E-state index contributed by atoms with van der Waals surface area (Å²) in [5, 5.41) is 0.905. The summed E-state index contributed by atoms with van der Waals surface area (Å²) in [5.74, 6) is 0.985. The molecule has 1 rings (SSSR count). The van der Waals surface area contributed by atoms with E-state index in [1.807, 2.05) is 6.08 Å². The minimum atomic E-state index is 0.0502. The molecule has 126 valence electrons. The average molecular weight is 325 g/mol. The van der Waals surface area contributed by atoms with Gasteiger partial charge in [0.1, 0.15) is 0 Å². The molecular weight excluding hydrogens is 292 g/mol. The third-order valence-corrected chi connectivity index (χ3v) is 5.17. The van der Waals surface area contributed by atoms with Crippen molar-refractivity contribution in [2.75, 3.05) is 13.1 Å². The molecule has 0 bridgehead atoms. The molecule has 0 saturated carbocycles. The molecule has 0 amide bonds. The normalized spacial score (nSPS) is 24.1. The maximum Gasteiger partial charge on any atom is 0.0463 e. The van der Waals surface area contributed by atoms with E-state index in [2.05, 4.69) is 58.2 Å². The standard InChI is InChI=1S/C19H33ClN2/c1-7-17(20)10-8-9-16-11-12-22(13-19(16,5)6)15(4)18(21)14(2)3/h8-10,14,16,18H,4,7,11-13,21H2,1-3,5-6H3/b9-8+,17-10+/t16?,18-/m1/s1. The third kappa shape index (κ3) is 5.17. The first-order chi connectivity index (χ1) is 10.2. The summed E-state index contributed by atoms with van der Waals surface area (Å²) in [6.45, 7) is 17.3. The molecule has 22 heavy (non-hydrogen) atoms. The molecule has 0 aliphatic carbocycles. The number of hydrogen-bond acceptors (Lipinski definition) is 2. The Labute approximate surface area is 142 Å². The number of hydrogen-bond donors (Lipinski definition) is 1. The smallest absolute Gasteiger partial charge is 0.0463 e. The van der Waals surface area contributed by atoms with Gasteiger partial charge >= 0.3 is 0 Å². The summed E-state index contributed by atoms with van der Waals surface area (Å²) in [5.41, 5.74) is 7.56. The number of rotatable bonds is 6. The predicted octanol–water partition coefficient (Wildman–Crippen LogP) is 4.92. The van der Waals surface area contributed by atoms with E-state index in [1.165, 1.54) is 0 Å². The highest BCUT2D eigenvalue weighted by Crippen LogP contribution is 2.37. The third-order valence-electron chi connectivity index (χ3n) is 4.78. The fourth-order valence-corrected chi connectivity index (χ4v) is 3.06. The molecule has 0 aromatic heterocycles. The molecule has 0 aromatic rings. The molecule has 0 spiro atoms. The van der Waals surface area contributed by atoms with Crippen LogP contribution in [0.4, 0.5) is 0 Å². The molecule has 1 heterocycles. The lowest BCUT2D eigenvalue weighted by molar-refractivity contribution is 0.0973. The van der Waals surface area contributed by atoms with Crippen LogP contribution in [0.25, 0.3) is 0 Å². The van der Waals surface area contributed by atoms with Gasteiger partial charge in [0.25, 0.3) is 0 Å². The topological polar surface area (TPSA) is 29.3 Å². The molecule has 2 N–H and O–H groups in total. The molecule has 2 atom stereocenters. The van der Waals surface area contributed by atoms with Gasteiger partial charge in [0.2, 0.25) is 0 Å².